The van der Waals surface area contributed by atoms with Crippen LogP contribution in [0.4, 0.5) is 15.8 Å². The molecule has 0 spiro atoms. The van der Waals surface area contributed by atoms with Crippen LogP contribution < -0.4 is 25.1 Å². The lowest BCUT2D eigenvalue weighted by atomic mass is 10.2. The Kier molecular flexibility index (Phi) is 8.79. The summed E-state index contributed by atoms with van der Waals surface area (Å²) in [6, 6.07) is 21.5. The zero-order valence-corrected chi connectivity index (χ0v) is 25.5. The van der Waals surface area contributed by atoms with Crippen LogP contribution in [0, 0.1) is 15.9 Å². The average Bonchev–Trinajstić information content (AvgIpc) is 3.52. The molecule has 0 aliphatic heterocycles. The van der Waals surface area contributed by atoms with E-state index in [4.69, 9.17) is 18.6 Å². The van der Waals surface area contributed by atoms with Gasteiger partial charge in [0.25, 0.3) is 11.5 Å². The van der Waals surface area contributed by atoms with Crippen LogP contribution in [0.3, 0.4) is 0 Å². The molecule has 1 N–H and O–H groups in total. The molecular formula is C34H26FN5O8. The van der Waals surface area contributed by atoms with E-state index < -0.39 is 34.5 Å². The second-order valence-corrected chi connectivity index (χ2v) is 10.2. The van der Waals surface area contributed by atoms with E-state index in [-0.39, 0.29) is 46.3 Å². The van der Waals surface area contributed by atoms with Crippen LogP contribution in [0.25, 0.3) is 33.5 Å². The highest BCUT2D eigenvalue weighted by Gasteiger charge is 2.24. The standard InChI is InChI=1S/C34H26FN5O8/c1-3-46-29-15-20(14-26(40(43)44)32(29)47-19-31(41)37-22-9-6-8-21(35)16-22)18-36-39-33(38-25-11-5-4-10-23(25)34(39)42)30-17-24-27(45-2)12-7-13-28(24)48-30/h4-18H,3,19H2,1-2H3,(H,37,41). The minimum atomic E-state index is -0.698. The third kappa shape index (κ3) is 6.39. The summed E-state index contributed by atoms with van der Waals surface area (Å²) in [6.45, 7) is 1.15. The van der Waals surface area contributed by atoms with Crippen molar-refractivity contribution in [2.45, 2.75) is 6.92 Å². The number of hydrogen-bond acceptors (Lipinski definition) is 10. The van der Waals surface area contributed by atoms with E-state index in [2.05, 4.69) is 15.4 Å². The summed E-state index contributed by atoms with van der Waals surface area (Å²) in [5.41, 5.74) is 0.249. The summed E-state index contributed by atoms with van der Waals surface area (Å²) in [6.07, 6.45) is 1.24. The number of ether oxygens (including phenoxy) is 3. The summed E-state index contributed by atoms with van der Waals surface area (Å²) in [5, 5.41) is 19.9. The predicted molar refractivity (Wildman–Crippen MR) is 176 cm³/mol. The quantitative estimate of drug-likeness (QED) is 0.0982. The van der Waals surface area contributed by atoms with Crippen LogP contribution in [0.2, 0.25) is 0 Å². The Hall–Kier alpha value is -6.57. The first-order valence-electron chi connectivity index (χ1n) is 14.5. The molecule has 6 aromatic rings. The lowest BCUT2D eigenvalue weighted by Crippen LogP contribution is -2.21. The molecule has 0 radical (unpaired) electrons. The number of nitrogens with one attached hydrogen (secondary N) is 1. The molecule has 48 heavy (non-hydrogen) atoms. The van der Waals surface area contributed by atoms with Crippen molar-refractivity contribution in [1.82, 2.24) is 9.66 Å². The molecule has 242 valence electrons. The fraction of sp³-hybridized carbons (Fsp3) is 0.118. The van der Waals surface area contributed by atoms with Crippen molar-refractivity contribution in [3.05, 3.63) is 117 Å². The Morgan fingerprint density at radius 2 is 1.85 bits per heavy atom. The summed E-state index contributed by atoms with van der Waals surface area (Å²) in [4.78, 5) is 42.3. The van der Waals surface area contributed by atoms with Crippen molar-refractivity contribution in [2.75, 3.05) is 25.6 Å². The van der Waals surface area contributed by atoms with Crippen molar-refractivity contribution in [3.8, 4) is 28.8 Å². The average molecular weight is 652 g/mol. The van der Waals surface area contributed by atoms with Gasteiger partial charge in [-0.15, -0.1) is 0 Å². The molecule has 14 heteroatoms. The zero-order chi connectivity index (χ0) is 33.8. The maximum absolute atomic E-state index is 13.7. The normalized spacial score (nSPS) is 11.2. The van der Waals surface area contributed by atoms with Gasteiger partial charge >= 0.3 is 5.69 Å². The Labute approximate surface area is 270 Å². The number of carbonyl (C=O) groups excluding carboxylic acids is 1. The Balaban J connectivity index is 1.39. The molecule has 0 bridgehead atoms. The smallest absolute Gasteiger partial charge is 0.315 e. The highest BCUT2D eigenvalue weighted by Crippen LogP contribution is 2.38. The van der Waals surface area contributed by atoms with Crippen LogP contribution in [0.5, 0.6) is 17.2 Å². The monoisotopic (exact) mass is 651 g/mol. The molecule has 0 saturated heterocycles. The number of anilines is 1. The third-order valence-electron chi connectivity index (χ3n) is 7.05. The molecule has 0 atom stereocenters. The highest BCUT2D eigenvalue weighted by molar-refractivity contribution is 5.92. The van der Waals surface area contributed by atoms with Crippen LogP contribution in [-0.4, -0.2) is 47.0 Å². The first-order chi connectivity index (χ1) is 23.2. The Bertz CT molecular complexity index is 2280. The number of nitro groups is 1. The van der Waals surface area contributed by atoms with Gasteiger partial charge in [0.05, 0.1) is 41.1 Å². The van der Waals surface area contributed by atoms with Gasteiger partial charge in [0.2, 0.25) is 11.6 Å². The van der Waals surface area contributed by atoms with Gasteiger partial charge in [-0.2, -0.15) is 9.78 Å². The summed E-state index contributed by atoms with van der Waals surface area (Å²) in [7, 11) is 1.53. The van der Waals surface area contributed by atoms with Gasteiger partial charge in [-0.1, -0.05) is 24.3 Å². The number of hydrogen-bond donors (Lipinski definition) is 1. The molecule has 13 nitrogen and oxygen atoms in total. The number of nitrogens with zero attached hydrogens (tertiary/aromatic N) is 4. The number of para-hydroxylation sites is 1. The number of methoxy groups -OCH3 is 1. The van der Waals surface area contributed by atoms with E-state index in [1.54, 1.807) is 55.5 Å². The third-order valence-corrected chi connectivity index (χ3v) is 7.05. The van der Waals surface area contributed by atoms with Gasteiger partial charge in [0, 0.05) is 17.3 Å². The Morgan fingerprint density at radius 3 is 2.62 bits per heavy atom. The molecule has 1 amide bonds. The number of nitro benzene ring substituents is 1. The zero-order valence-electron chi connectivity index (χ0n) is 25.5. The number of fused-ring (bicyclic) bond motifs is 2. The van der Waals surface area contributed by atoms with Crippen LogP contribution >= 0.6 is 0 Å². The first kappa shape index (κ1) is 31.4. The van der Waals surface area contributed by atoms with Gasteiger partial charge < -0.3 is 23.9 Å². The van der Waals surface area contributed by atoms with E-state index in [1.807, 2.05) is 0 Å². The molecule has 2 heterocycles. The van der Waals surface area contributed by atoms with Gasteiger partial charge in [-0.3, -0.25) is 19.7 Å². The number of rotatable bonds is 11. The van der Waals surface area contributed by atoms with Crippen LogP contribution in [0.15, 0.2) is 99.2 Å². The van der Waals surface area contributed by atoms with E-state index >= 15 is 0 Å². The second kappa shape index (κ2) is 13.4. The molecule has 2 aromatic heterocycles. The van der Waals surface area contributed by atoms with Crippen molar-refractivity contribution in [3.63, 3.8) is 0 Å². The molecule has 0 unspecified atom stereocenters. The van der Waals surface area contributed by atoms with Crippen LogP contribution in [0.1, 0.15) is 12.5 Å². The lowest BCUT2D eigenvalue weighted by molar-refractivity contribution is -0.385. The Morgan fingerprint density at radius 1 is 1.04 bits per heavy atom. The van der Waals surface area contributed by atoms with Crippen LogP contribution in [-0.2, 0) is 4.79 Å². The number of aromatic nitrogens is 2. The van der Waals surface area contributed by atoms with Crippen molar-refractivity contribution >= 4 is 45.4 Å². The molecule has 6 rings (SSSR count). The first-order valence-corrected chi connectivity index (χ1v) is 14.5. The number of amides is 1. The largest absolute Gasteiger partial charge is 0.496 e. The highest BCUT2D eigenvalue weighted by atomic mass is 19.1. The predicted octanol–water partition coefficient (Wildman–Crippen LogP) is 6.16. The van der Waals surface area contributed by atoms with E-state index in [0.717, 1.165) is 16.8 Å². The number of carbonyl (C=O) groups is 1. The fourth-order valence-corrected chi connectivity index (χ4v) is 4.96. The molecule has 0 aliphatic rings. The lowest BCUT2D eigenvalue weighted by Gasteiger charge is -2.13. The summed E-state index contributed by atoms with van der Waals surface area (Å²) in [5.74, 6) is -0.693. The van der Waals surface area contributed by atoms with E-state index in [0.29, 0.717) is 22.2 Å². The summed E-state index contributed by atoms with van der Waals surface area (Å²) < 4.78 is 37.2. The molecular weight excluding hydrogens is 625 g/mol. The number of benzene rings is 4. The van der Waals surface area contributed by atoms with Crippen molar-refractivity contribution in [2.24, 2.45) is 5.10 Å². The maximum Gasteiger partial charge on any atom is 0.315 e. The minimum absolute atomic E-state index is 0.0414. The minimum Gasteiger partial charge on any atom is -0.496 e. The molecule has 0 aliphatic carbocycles. The number of halogens is 1. The number of furan rings is 1. The fourth-order valence-electron chi connectivity index (χ4n) is 4.96. The molecule has 0 fully saturated rings. The van der Waals surface area contributed by atoms with Gasteiger partial charge in [0.15, 0.2) is 18.1 Å². The maximum atomic E-state index is 13.7. The van der Waals surface area contributed by atoms with E-state index in [1.165, 1.54) is 37.6 Å². The second-order valence-electron chi connectivity index (χ2n) is 10.2. The van der Waals surface area contributed by atoms with Gasteiger partial charge in [0.1, 0.15) is 17.1 Å². The van der Waals surface area contributed by atoms with Gasteiger partial charge in [-0.25, -0.2) is 9.37 Å². The SMILES string of the molecule is CCOc1cc(C=Nn2c(-c3cc4c(OC)cccc4o3)nc3ccccc3c2=O)cc([N+](=O)[O-])c1OCC(=O)Nc1cccc(F)c1. The van der Waals surface area contributed by atoms with Crippen molar-refractivity contribution < 1.29 is 32.7 Å². The van der Waals surface area contributed by atoms with Gasteiger partial charge in [-0.05, 0) is 61.5 Å². The topological polar surface area (TPSA) is 160 Å². The van der Waals surface area contributed by atoms with Crippen molar-refractivity contribution in [1.29, 1.82) is 0 Å². The van der Waals surface area contributed by atoms with E-state index in [9.17, 15) is 24.1 Å². The molecule has 0 saturated carbocycles. The summed E-state index contributed by atoms with van der Waals surface area (Å²) >= 11 is 0. The molecule has 4 aromatic carbocycles.